The van der Waals surface area contributed by atoms with Crippen LogP contribution in [0.1, 0.15) is 37.0 Å². The summed E-state index contributed by atoms with van der Waals surface area (Å²) in [5.74, 6) is 1.21. The lowest BCUT2D eigenvalue weighted by Crippen LogP contribution is -2.43. The quantitative estimate of drug-likeness (QED) is 0.361. The van der Waals surface area contributed by atoms with Crippen molar-refractivity contribution < 1.29 is 9.53 Å². The van der Waals surface area contributed by atoms with Crippen molar-refractivity contribution in [2.45, 2.75) is 39.3 Å². The Bertz CT molecular complexity index is 1410. The predicted molar refractivity (Wildman–Crippen MR) is 143 cm³/mol. The van der Waals surface area contributed by atoms with E-state index in [1.165, 1.54) is 5.56 Å². The Morgan fingerprint density at radius 3 is 2.60 bits per heavy atom. The van der Waals surface area contributed by atoms with E-state index in [0.29, 0.717) is 18.1 Å². The van der Waals surface area contributed by atoms with Gasteiger partial charge in [0, 0.05) is 35.9 Å². The second kappa shape index (κ2) is 8.57. The molecule has 2 N–H and O–H groups in total. The number of nitrogens with zero attached hydrogens (tertiary/aromatic N) is 3. The van der Waals surface area contributed by atoms with Gasteiger partial charge in [0.15, 0.2) is 5.82 Å². The molecule has 7 heteroatoms. The molecule has 5 rings (SSSR count). The number of ether oxygens (including phenoxy) is 1. The van der Waals surface area contributed by atoms with Crippen molar-refractivity contribution >= 4 is 22.9 Å². The van der Waals surface area contributed by atoms with Crippen LogP contribution in [0.5, 0.6) is 5.75 Å². The van der Waals surface area contributed by atoms with Crippen LogP contribution in [0, 0.1) is 0 Å². The molecule has 35 heavy (non-hydrogen) atoms. The van der Waals surface area contributed by atoms with E-state index in [4.69, 9.17) is 15.5 Å². The van der Waals surface area contributed by atoms with Gasteiger partial charge in [-0.15, -0.1) is 11.3 Å². The lowest BCUT2D eigenvalue weighted by atomic mass is 9.91. The van der Waals surface area contributed by atoms with E-state index in [2.05, 4.69) is 22.8 Å². The third-order valence-electron chi connectivity index (χ3n) is 6.71. The summed E-state index contributed by atoms with van der Waals surface area (Å²) in [5.41, 5.74) is 12.5. The van der Waals surface area contributed by atoms with Gasteiger partial charge in [-0.1, -0.05) is 18.2 Å². The van der Waals surface area contributed by atoms with E-state index in [9.17, 15) is 4.79 Å². The molecule has 0 saturated carbocycles. The van der Waals surface area contributed by atoms with Crippen LogP contribution in [0.2, 0.25) is 0 Å². The number of hydrogen-bond donors (Lipinski definition) is 1. The van der Waals surface area contributed by atoms with E-state index in [1.54, 1.807) is 23.3 Å². The summed E-state index contributed by atoms with van der Waals surface area (Å²) in [7, 11) is 3.54. The van der Waals surface area contributed by atoms with Gasteiger partial charge in [0.25, 0.3) is 5.91 Å². The number of aromatic nitrogens is 2. The number of carbonyl (C=O) groups is 1. The highest BCUT2D eigenvalue weighted by molar-refractivity contribution is 7.13. The van der Waals surface area contributed by atoms with E-state index < -0.39 is 0 Å². The SMILES string of the molecule is COc1cc2c(cc1-c1cccc(N)c1)-c1c(-c3cccs3)nc(C(=O)N(C)C(C)(C)C)n1CC2. The lowest BCUT2D eigenvalue weighted by molar-refractivity contribution is 0.0638. The van der Waals surface area contributed by atoms with Gasteiger partial charge in [0.2, 0.25) is 0 Å². The van der Waals surface area contributed by atoms with Crippen LogP contribution in [-0.4, -0.2) is 40.1 Å². The number of carbonyl (C=O) groups excluding carboxylic acids is 1. The summed E-state index contributed by atoms with van der Waals surface area (Å²) in [6, 6.07) is 16.2. The average Bonchev–Trinajstić information content (AvgIpc) is 3.49. The molecule has 1 aliphatic rings. The van der Waals surface area contributed by atoms with Crippen molar-refractivity contribution in [1.82, 2.24) is 14.5 Å². The zero-order valence-electron chi connectivity index (χ0n) is 20.8. The van der Waals surface area contributed by atoms with E-state index in [-0.39, 0.29) is 11.4 Å². The predicted octanol–water partition coefficient (Wildman–Crippen LogP) is 5.96. The first kappa shape index (κ1) is 23.2. The average molecular weight is 487 g/mol. The Balaban J connectivity index is 1.75. The van der Waals surface area contributed by atoms with Crippen molar-refractivity contribution in [3.63, 3.8) is 0 Å². The van der Waals surface area contributed by atoms with Crippen LogP contribution >= 0.6 is 11.3 Å². The summed E-state index contributed by atoms with van der Waals surface area (Å²) in [5, 5.41) is 2.04. The molecule has 0 spiro atoms. The van der Waals surface area contributed by atoms with E-state index in [0.717, 1.165) is 45.1 Å². The minimum atomic E-state index is -0.313. The normalized spacial score (nSPS) is 12.7. The zero-order valence-corrected chi connectivity index (χ0v) is 21.6. The Labute approximate surface area is 210 Å². The Kier molecular flexibility index (Phi) is 5.68. The van der Waals surface area contributed by atoms with Crippen molar-refractivity contribution in [3.05, 3.63) is 65.3 Å². The Morgan fingerprint density at radius 1 is 1.14 bits per heavy atom. The molecule has 0 atom stereocenters. The highest BCUT2D eigenvalue weighted by atomic mass is 32.1. The molecule has 1 aliphatic heterocycles. The number of fused-ring (bicyclic) bond motifs is 3. The second-order valence-electron chi connectivity index (χ2n) is 9.88. The minimum Gasteiger partial charge on any atom is -0.496 e. The fourth-order valence-corrected chi connectivity index (χ4v) is 5.24. The van der Waals surface area contributed by atoms with E-state index in [1.807, 2.05) is 63.5 Å². The lowest BCUT2D eigenvalue weighted by Gasteiger charge is -2.32. The topological polar surface area (TPSA) is 73.4 Å². The van der Waals surface area contributed by atoms with Crippen LogP contribution in [0.25, 0.3) is 33.0 Å². The molecule has 0 unspecified atom stereocenters. The summed E-state index contributed by atoms with van der Waals surface area (Å²) in [4.78, 5) is 21.4. The van der Waals surface area contributed by atoms with Gasteiger partial charge in [-0.2, -0.15) is 0 Å². The Morgan fingerprint density at radius 2 is 1.94 bits per heavy atom. The number of nitrogen functional groups attached to an aromatic ring is 1. The molecule has 2 aromatic carbocycles. The third-order valence-corrected chi connectivity index (χ3v) is 7.58. The van der Waals surface area contributed by atoms with Gasteiger partial charge >= 0.3 is 0 Å². The number of imidazole rings is 1. The van der Waals surface area contributed by atoms with Crippen LogP contribution in [0.4, 0.5) is 5.69 Å². The summed E-state index contributed by atoms with van der Waals surface area (Å²) in [6.07, 6.45) is 0.787. The number of methoxy groups -OCH3 is 1. The number of thiophene rings is 1. The number of rotatable bonds is 4. The first-order valence-corrected chi connectivity index (χ1v) is 12.6. The fourth-order valence-electron chi connectivity index (χ4n) is 4.53. The molecular weight excluding hydrogens is 456 g/mol. The first-order valence-electron chi connectivity index (χ1n) is 11.7. The number of amides is 1. The first-order chi connectivity index (χ1) is 16.7. The highest BCUT2D eigenvalue weighted by Gasteiger charge is 2.33. The fraction of sp³-hybridized carbons (Fsp3) is 0.286. The molecule has 0 bridgehead atoms. The standard InChI is InChI=1S/C28H30N4O2S/c1-28(2,3)31(4)27(33)26-30-24(23-10-7-13-35-23)25-21-16-20(17-8-6-9-19(29)14-17)22(34-5)15-18(21)11-12-32(25)26/h6-10,13-16H,11-12,29H2,1-5H3. The number of aryl methyl sites for hydroxylation is 1. The van der Waals surface area contributed by atoms with E-state index >= 15 is 0 Å². The molecule has 0 saturated heterocycles. The zero-order chi connectivity index (χ0) is 24.9. The molecule has 1 amide bonds. The van der Waals surface area contributed by atoms with Crippen molar-refractivity contribution in [3.8, 4) is 38.7 Å². The summed E-state index contributed by atoms with van der Waals surface area (Å²) < 4.78 is 7.88. The molecule has 6 nitrogen and oxygen atoms in total. The van der Waals surface area contributed by atoms with Gasteiger partial charge < -0.3 is 19.9 Å². The molecular formula is C28H30N4O2S. The number of nitrogens with two attached hydrogens (primary N) is 1. The largest absolute Gasteiger partial charge is 0.496 e. The van der Waals surface area contributed by atoms with Crippen molar-refractivity contribution in [2.75, 3.05) is 19.9 Å². The maximum Gasteiger partial charge on any atom is 0.290 e. The van der Waals surface area contributed by atoms with Crippen LogP contribution in [-0.2, 0) is 13.0 Å². The third kappa shape index (κ3) is 4.00. The van der Waals surface area contributed by atoms with Gasteiger partial charge in [0.05, 0.1) is 17.7 Å². The maximum atomic E-state index is 13.6. The molecule has 180 valence electrons. The maximum absolute atomic E-state index is 13.6. The monoisotopic (exact) mass is 486 g/mol. The van der Waals surface area contributed by atoms with Gasteiger partial charge in [-0.3, -0.25) is 4.79 Å². The molecule has 0 fully saturated rings. The molecule has 0 radical (unpaired) electrons. The van der Waals surface area contributed by atoms with Crippen LogP contribution in [0.3, 0.4) is 0 Å². The van der Waals surface area contributed by atoms with Gasteiger partial charge in [-0.25, -0.2) is 4.98 Å². The smallest absolute Gasteiger partial charge is 0.290 e. The van der Waals surface area contributed by atoms with Crippen LogP contribution in [0.15, 0.2) is 53.9 Å². The number of benzene rings is 2. The minimum absolute atomic E-state index is 0.0745. The van der Waals surface area contributed by atoms with Crippen LogP contribution < -0.4 is 10.5 Å². The number of hydrogen-bond acceptors (Lipinski definition) is 5. The summed E-state index contributed by atoms with van der Waals surface area (Å²) >= 11 is 1.63. The molecule has 0 aliphatic carbocycles. The van der Waals surface area contributed by atoms with Crippen molar-refractivity contribution in [2.24, 2.45) is 0 Å². The van der Waals surface area contributed by atoms with Gasteiger partial charge in [-0.05, 0) is 74.0 Å². The summed E-state index contributed by atoms with van der Waals surface area (Å²) in [6.45, 7) is 6.78. The highest BCUT2D eigenvalue weighted by Crippen LogP contribution is 2.44. The molecule has 3 heterocycles. The number of anilines is 1. The second-order valence-corrected chi connectivity index (χ2v) is 10.8. The van der Waals surface area contributed by atoms with Gasteiger partial charge in [0.1, 0.15) is 11.4 Å². The Hall–Kier alpha value is -3.58. The molecule has 4 aromatic rings. The van der Waals surface area contributed by atoms with Crippen molar-refractivity contribution in [1.29, 1.82) is 0 Å². The molecule has 2 aromatic heterocycles.